The number of hydrazone groups is 1. The quantitative estimate of drug-likeness (QED) is 0.858. The molecule has 2 aromatic rings. The molecule has 1 aromatic carbocycles. The first-order valence-corrected chi connectivity index (χ1v) is 7.85. The SMILES string of the molecule is CNC(=S)N1N=C(c2cccs2)C[C@@H]1c1ccc(F)cc1. The van der Waals surface area contributed by atoms with Crippen LogP contribution in [0.2, 0.25) is 0 Å². The highest BCUT2D eigenvalue weighted by Crippen LogP contribution is 2.33. The molecule has 0 bridgehead atoms. The predicted octanol–water partition coefficient (Wildman–Crippen LogP) is 3.54. The van der Waals surface area contributed by atoms with Crippen molar-refractivity contribution < 1.29 is 4.39 Å². The lowest BCUT2D eigenvalue weighted by atomic mass is 10.0. The van der Waals surface area contributed by atoms with Gasteiger partial charge in [0.1, 0.15) is 5.82 Å². The number of hydrogen-bond donors (Lipinski definition) is 1. The van der Waals surface area contributed by atoms with Crippen LogP contribution in [0.3, 0.4) is 0 Å². The van der Waals surface area contributed by atoms with E-state index in [2.05, 4.69) is 16.5 Å². The molecule has 0 unspecified atom stereocenters. The van der Waals surface area contributed by atoms with E-state index in [1.54, 1.807) is 35.5 Å². The molecule has 1 atom stereocenters. The van der Waals surface area contributed by atoms with Gasteiger partial charge in [0.2, 0.25) is 0 Å². The van der Waals surface area contributed by atoms with Crippen LogP contribution in [-0.4, -0.2) is 22.9 Å². The molecule has 3 rings (SSSR count). The summed E-state index contributed by atoms with van der Waals surface area (Å²) >= 11 is 7.00. The van der Waals surface area contributed by atoms with Gasteiger partial charge in [-0.2, -0.15) is 5.10 Å². The molecule has 2 heterocycles. The smallest absolute Gasteiger partial charge is 0.189 e. The van der Waals surface area contributed by atoms with E-state index in [1.807, 2.05) is 11.4 Å². The molecule has 0 saturated heterocycles. The Morgan fingerprint density at radius 1 is 1.38 bits per heavy atom. The first-order chi connectivity index (χ1) is 10.2. The molecule has 0 aliphatic carbocycles. The van der Waals surface area contributed by atoms with E-state index < -0.39 is 0 Å². The van der Waals surface area contributed by atoms with E-state index in [-0.39, 0.29) is 11.9 Å². The third kappa shape index (κ3) is 2.82. The van der Waals surface area contributed by atoms with Crippen LogP contribution in [0.4, 0.5) is 4.39 Å². The summed E-state index contributed by atoms with van der Waals surface area (Å²) in [7, 11) is 1.78. The highest BCUT2D eigenvalue weighted by molar-refractivity contribution is 7.80. The third-order valence-corrected chi connectivity index (χ3v) is 4.70. The van der Waals surface area contributed by atoms with E-state index in [1.165, 1.54) is 12.1 Å². The highest BCUT2D eigenvalue weighted by atomic mass is 32.1. The van der Waals surface area contributed by atoms with Crippen molar-refractivity contribution >= 4 is 34.4 Å². The van der Waals surface area contributed by atoms with Gasteiger partial charge in [-0.3, -0.25) is 0 Å². The maximum atomic E-state index is 13.1. The van der Waals surface area contributed by atoms with Crippen molar-refractivity contribution in [1.82, 2.24) is 10.3 Å². The fraction of sp³-hybridized carbons (Fsp3) is 0.200. The van der Waals surface area contributed by atoms with E-state index in [4.69, 9.17) is 12.2 Å². The van der Waals surface area contributed by atoms with Gasteiger partial charge in [-0.05, 0) is 41.4 Å². The molecule has 0 saturated carbocycles. The Morgan fingerprint density at radius 2 is 2.14 bits per heavy atom. The zero-order valence-electron chi connectivity index (χ0n) is 11.4. The zero-order valence-corrected chi connectivity index (χ0v) is 13.0. The molecule has 6 heteroatoms. The number of hydrogen-bond acceptors (Lipinski definition) is 3. The molecular weight excluding hydrogens is 305 g/mol. The van der Waals surface area contributed by atoms with Crippen molar-refractivity contribution in [3.8, 4) is 0 Å². The fourth-order valence-corrected chi connectivity index (χ4v) is 3.24. The Labute approximate surface area is 132 Å². The Hall–Kier alpha value is -1.79. The summed E-state index contributed by atoms with van der Waals surface area (Å²) in [6.45, 7) is 0. The Bertz CT molecular complexity index is 665. The van der Waals surface area contributed by atoms with Crippen LogP contribution < -0.4 is 5.32 Å². The van der Waals surface area contributed by atoms with Crippen LogP contribution in [-0.2, 0) is 0 Å². The number of rotatable bonds is 2. The van der Waals surface area contributed by atoms with Gasteiger partial charge in [-0.1, -0.05) is 18.2 Å². The summed E-state index contributed by atoms with van der Waals surface area (Å²) in [4.78, 5) is 1.14. The second kappa shape index (κ2) is 5.91. The topological polar surface area (TPSA) is 27.6 Å². The van der Waals surface area contributed by atoms with Gasteiger partial charge in [0.25, 0.3) is 0 Å². The highest BCUT2D eigenvalue weighted by Gasteiger charge is 2.31. The van der Waals surface area contributed by atoms with Gasteiger partial charge in [-0.25, -0.2) is 9.40 Å². The molecule has 0 amide bonds. The van der Waals surface area contributed by atoms with Crippen LogP contribution >= 0.6 is 23.6 Å². The van der Waals surface area contributed by atoms with Gasteiger partial charge in [0.15, 0.2) is 5.11 Å². The Morgan fingerprint density at radius 3 is 2.76 bits per heavy atom. The lowest BCUT2D eigenvalue weighted by Gasteiger charge is -2.23. The number of nitrogens with one attached hydrogen (secondary N) is 1. The first-order valence-electron chi connectivity index (χ1n) is 6.57. The number of halogens is 1. The van der Waals surface area contributed by atoms with Gasteiger partial charge in [0, 0.05) is 13.5 Å². The number of thiocarbonyl (C=S) groups is 1. The largest absolute Gasteiger partial charge is 0.364 e. The number of thiophene rings is 1. The minimum absolute atomic E-state index is 0.00245. The van der Waals surface area contributed by atoms with Crippen LogP contribution in [0, 0.1) is 5.82 Å². The molecule has 1 aliphatic rings. The van der Waals surface area contributed by atoms with Crippen LogP contribution in [0.1, 0.15) is 22.9 Å². The van der Waals surface area contributed by atoms with Gasteiger partial charge in [-0.15, -0.1) is 11.3 Å². The zero-order chi connectivity index (χ0) is 14.8. The lowest BCUT2D eigenvalue weighted by molar-refractivity contribution is 0.366. The standard InChI is InChI=1S/C15H14FN3S2/c1-17-15(20)19-13(10-4-6-11(16)7-5-10)9-12(18-19)14-3-2-8-21-14/h2-8,13H,9H2,1H3,(H,17,20)/t13-/m1/s1. The van der Waals surface area contributed by atoms with Crippen molar-refractivity contribution in [1.29, 1.82) is 0 Å². The van der Waals surface area contributed by atoms with Crippen LogP contribution in [0.25, 0.3) is 0 Å². The molecule has 0 spiro atoms. The Balaban J connectivity index is 1.93. The van der Waals surface area contributed by atoms with Crippen molar-refractivity contribution in [2.75, 3.05) is 7.05 Å². The van der Waals surface area contributed by atoms with Crippen molar-refractivity contribution in [2.45, 2.75) is 12.5 Å². The molecule has 1 aliphatic heterocycles. The summed E-state index contributed by atoms with van der Waals surface area (Å²) in [5.41, 5.74) is 2.02. The summed E-state index contributed by atoms with van der Waals surface area (Å²) in [5.74, 6) is -0.237. The molecule has 108 valence electrons. The van der Waals surface area contributed by atoms with Crippen molar-refractivity contribution in [2.24, 2.45) is 5.10 Å². The maximum Gasteiger partial charge on any atom is 0.189 e. The molecular formula is C15H14FN3S2. The third-order valence-electron chi connectivity index (χ3n) is 3.39. The van der Waals surface area contributed by atoms with E-state index in [0.717, 1.165) is 22.6 Å². The van der Waals surface area contributed by atoms with Crippen LogP contribution in [0.15, 0.2) is 46.9 Å². The minimum Gasteiger partial charge on any atom is -0.364 e. The monoisotopic (exact) mass is 319 g/mol. The molecule has 1 aromatic heterocycles. The van der Waals surface area contributed by atoms with Crippen molar-refractivity contribution in [3.05, 3.63) is 58.0 Å². The molecule has 3 nitrogen and oxygen atoms in total. The molecule has 1 N–H and O–H groups in total. The maximum absolute atomic E-state index is 13.1. The van der Waals surface area contributed by atoms with Crippen molar-refractivity contribution in [3.63, 3.8) is 0 Å². The molecule has 21 heavy (non-hydrogen) atoms. The average Bonchev–Trinajstić information content (AvgIpc) is 3.16. The number of benzene rings is 1. The molecule has 0 fully saturated rings. The van der Waals surface area contributed by atoms with Crippen LogP contribution in [0.5, 0.6) is 0 Å². The summed E-state index contributed by atoms with van der Waals surface area (Å²) in [6.07, 6.45) is 0.758. The second-order valence-electron chi connectivity index (χ2n) is 4.70. The minimum atomic E-state index is -0.237. The summed E-state index contributed by atoms with van der Waals surface area (Å²) < 4.78 is 13.1. The van der Waals surface area contributed by atoms with Gasteiger partial charge < -0.3 is 5.32 Å². The van der Waals surface area contributed by atoms with E-state index >= 15 is 0 Å². The van der Waals surface area contributed by atoms with E-state index in [9.17, 15) is 4.39 Å². The predicted molar refractivity (Wildman–Crippen MR) is 88.1 cm³/mol. The van der Waals surface area contributed by atoms with Gasteiger partial charge >= 0.3 is 0 Å². The second-order valence-corrected chi connectivity index (χ2v) is 6.03. The fourth-order valence-electron chi connectivity index (χ4n) is 2.35. The normalized spacial score (nSPS) is 17.7. The molecule has 0 radical (unpaired) electrons. The van der Waals surface area contributed by atoms with E-state index in [0.29, 0.717) is 5.11 Å². The first kappa shape index (κ1) is 14.2. The lowest BCUT2D eigenvalue weighted by Crippen LogP contribution is -2.34. The number of nitrogens with zero attached hydrogens (tertiary/aromatic N) is 2. The average molecular weight is 319 g/mol. The van der Waals surface area contributed by atoms with Gasteiger partial charge in [0.05, 0.1) is 16.6 Å². The Kier molecular flexibility index (Phi) is 3.98. The summed E-state index contributed by atoms with van der Waals surface area (Å²) in [5, 5.41) is 12.0. The summed E-state index contributed by atoms with van der Waals surface area (Å²) in [6, 6.07) is 10.6.